The van der Waals surface area contributed by atoms with Crippen molar-refractivity contribution in [2.75, 3.05) is 0 Å². The van der Waals surface area contributed by atoms with Gasteiger partial charge in [0, 0.05) is 18.1 Å². The molecule has 1 aromatic carbocycles. The Kier molecular flexibility index (Phi) is 3.02. The molecule has 0 spiro atoms. The average molecular weight is 280 g/mol. The number of pyridine rings is 2. The van der Waals surface area contributed by atoms with E-state index in [1.165, 1.54) is 6.20 Å². The van der Waals surface area contributed by atoms with Gasteiger partial charge in [-0.15, -0.1) is 0 Å². The third-order valence-electron chi connectivity index (χ3n) is 3.30. The van der Waals surface area contributed by atoms with E-state index < -0.39 is 11.4 Å². The Hall–Kier alpha value is -2.95. The van der Waals surface area contributed by atoms with Crippen molar-refractivity contribution in [2.45, 2.75) is 6.92 Å². The minimum Gasteiger partial charge on any atom is -0.477 e. The fourth-order valence-corrected chi connectivity index (χ4v) is 2.21. The molecule has 0 saturated carbocycles. The van der Waals surface area contributed by atoms with E-state index in [0.29, 0.717) is 5.65 Å². The van der Waals surface area contributed by atoms with Crippen molar-refractivity contribution < 1.29 is 9.90 Å². The lowest BCUT2D eigenvalue weighted by Crippen LogP contribution is -2.18. The summed E-state index contributed by atoms with van der Waals surface area (Å²) in [5.74, 6) is -1.24. The summed E-state index contributed by atoms with van der Waals surface area (Å²) in [6, 6.07) is 10.8. The zero-order valence-corrected chi connectivity index (χ0v) is 11.3. The van der Waals surface area contributed by atoms with Crippen molar-refractivity contribution in [1.29, 1.82) is 0 Å². The van der Waals surface area contributed by atoms with Gasteiger partial charge in [0.05, 0.1) is 5.39 Å². The third-order valence-corrected chi connectivity index (χ3v) is 3.30. The first-order valence-corrected chi connectivity index (χ1v) is 6.38. The van der Waals surface area contributed by atoms with Crippen LogP contribution in [0, 0.1) is 6.92 Å². The van der Waals surface area contributed by atoms with Crippen LogP contribution in [0.5, 0.6) is 0 Å². The number of carboxylic acids is 1. The summed E-state index contributed by atoms with van der Waals surface area (Å²) in [6.45, 7) is 1.97. The average Bonchev–Trinajstić information content (AvgIpc) is 2.49. The van der Waals surface area contributed by atoms with Crippen LogP contribution in [0.25, 0.3) is 16.7 Å². The van der Waals surface area contributed by atoms with Crippen molar-refractivity contribution >= 4 is 17.0 Å². The maximum absolute atomic E-state index is 12.2. The van der Waals surface area contributed by atoms with E-state index in [2.05, 4.69) is 4.98 Å². The molecule has 0 radical (unpaired) electrons. The number of carbonyl (C=O) groups is 1. The number of aryl methyl sites for hydroxylation is 1. The van der Waals surface area contributed by atoms with E-state index in [4.69, 9.17) is 0 Å². The maximum atomic E-state index is 12.2. The Bertz CT molecular complexity index is 896. The van der Waals surface area contributed by atoms with Gasteiger partial charge >= 0.3 is 5.97 Å². The lowest BCUT2D eigenvalue weighted by Gasteiger charge is -2.11. The SMILES string of the molecule is Cc1ccc(-n2cc(C(=O)O)c(=O)c3cccnc32)cc1. The molecule has 0 amide bonds. The van der Waals surface area contributed by atoms with Gasteiger partial charge in [0.25, 0.3) is 0 Å². The number of hydrogen-bond donors (Lipinski definition) is 1. The minimum atomic E-state index is -1.24. The van der Waals surface area contributed by atoms with Gasteiger partial charge in [-0.1, -0.05) is 17.7 Å². The Balaban J connectivity index is 2.41. The second-order valence-corrected chi connectivity index (χ2v) is 4.76. The van der Waals surface area contributed by atoms with Crippen molar-refractivity contribution in [1.82, 2.24) is 9.55 Å². The van der Waals surface area contributed by atoms with E-state index in [1.54, 1.807) is 22.9 Å². The van der Waals surface area contributed by atoms with Crippen molar-refractivity contribution in [3.8, 4) is 5.69 Å². The van der Waals surface area contributed by atoms with Crippen LogP contribution in [0.1, 0.15) is 15.9 Å². The van der Waals surface area contributed by atoms with Gasteiger partial charge in [-0.05, 0) is 31.2 Å². The lowest BCUT2D eigenvalue weighted by atomic mass is 10.1. The first kappa shape index (κ1) is 13.1. The van der Waals surface area contributed by atoms with Crippen LogP contribution in [0.2, 0.25) is 0 Å². The zero-order valence-electron chi connectivity index (χ0n) is 11.3. The Morgan fingerprint density at radius 3 is 2.57 bits per heavy atom. The zero-order chi connectivity index (χ0) is 15.0. The molecule has 104 valence electrons. The highest BCUT2D eigenvalue weighted by Crippen LogP contribution is 2.16. The lowest BCUT2D eigenvalue weighted by molar-refractivity contribution is 0.0695. The van der Waals surface area contributed by atoms with Gasteiger partial charge in [-0.25, -0.2) is 9.78 Å². The van der Waals surface area contributed by atoms with E-state index >= 15 is 0 Å². The monoisotopic (exact) mass is 280 g/mol. The van der Waals surface area contributed by atoms with E-state index in [9.17, 15) is 14.7 Å². The normalized spacial score (nSPS) is 10.7. The number of fused-ring (bicyclic) bond motifs is 1. The highest BCUT2D eigenvalue weighted by molar-refractivity contribution is 5.92. The largest absolute Gasteiger partial charge is 0.477 e. The van der Waals surface area contributed by atoms with Crippen LogP contribution in [0.3, 0.4) is 0 Å². The molecule has 0 aliphatic heterocycles. The molecular formula is C16H12N2O3. The number of hydrogen-bond acceptors (Lipinski definition) is 3. The standard InChI is InChI=1S/C16H12N2O3/c1-10-4-6-11(7-5-10)18-9-13(16(20)21)14(19)12-3-2-8-17-15(12)18/h2-9H,1H3,(H,20,21). The first-order valence-electron chi connectivity index (χ1n) is 6.38. The molecule has 0 bridgehead atoms. The molecule has 2 aromatic heterocycles. The molecule has 3 rings (SSSR count). The quantitative estimate of drug-likeness (QED) is 0.782. The number of rotatable bonds is 2. The summed E-state index contributed by atoms with van der Waals surface area (Å²) < 4.78 is 1.62. The predicted molar refractivity (Wildman–Crippen MR) is 79.0 cm³/mol. The molecule has 5 heteroatoms. The molecule has 2 heterocycles. The van der Waals surface area contributed by atoms with E-state index in [0.717, 1.165) is 11.3 Å². The van der Waals surface area contributed by atoms with Gasteiger partial charge in [0.2, 0.25) is 5.43 Å². The van der Waals surface area contributed by atoms with Gasteiger partial charge in [-0.3, -0.25) is 4.79 Å². The maximum Gasteiger partial charge on any atom is 0.341 e. The van der Waals surface area contributed by atoms with Gasteiger partial charge in [0.1, 0.15) is 11.2 Å². The van der Waals surface area contributed by atoms with Crippen molar-refractivity contribution in [3.05, 3.63) is 70.1 Å². The number of benzene rings is 1. The summed E-state index contributed by atoms with van der Waals surface area (Å²) in [4.78, 5) is 27.7. The number of nitrogens with zero attached hydrogens (tertiary/aromatic N) is 2. The molecule has 0 unspecified atom stereocenters. The predicted octanol–water partition coefficient (Wildman–Crippen LogP) is 2.39. The highest BCUT2D eigenvalue weighted by atomic mass is 16.4. The fraction of sp³-hybridized carbons (Fsp3) is 0.0625. The fourth-order valence-electron chi connectivity index (χ4n) is 2.21. The number of carboxylic acid groups (broad SMARTS) is 1. The molecule has 5 nitrogen and oxygen atoms in total. The van der Waals surface area contributed by atoms with E-state index in [-0.39, 0.29) is 10.9 Å². The van der Waals surface area contributed by atoms with Crippen LogP contribution in [0.4, 0.5) is 0 Å². The molecule has 0 fully saturated rings. The van der Waals surface area contributed by atoms with Crippen LogP contribution in [-0.2, 0) is 0 Å². The molecule has 0 aliphatic rings. The molecule has 0 atom stereocenters. The highest BCUT2D eigenvalue weighted by Gasteiger charge is 2.15. The smallest absolute Gasteiger partial charge is 0.341 e. The number of aromatic carboxylic acids is 1. The Morgan fingerprint density at radius 1 is 1.19 bits per heavy atom. The van der Waals surface area contributed by atoms with Crippen molar-refractivity contribution in [3.63, 3.8) is 0 Å². The second kappa shape index (κ2) is 4.86. The Morgan fingerprint density at radius 2 is 1.90 bits per heavy atom. The van der Waals surface area contributed by atoms with Crippen LogP contribution < -0.4 is 5.43 Å². The Labute approximate surface area is 120 Å². The summed E-state index contributed by atoms with van der Waals surface area (Å²) in [5.41, 5.74) is 1.50. The van der Waals surface area contributed by atoms with Crippen LogP contribution >= 0.6 is 0 Å². The van der Waals surface area contributed by atoms with Crippen molar-refractivity contribution in [2.24, 2.45) is 0 Å². The number of aromatic nitrogens is 2. The third kappa shape index (κ3) is 2.18. The summed E-state index contributed by atoms with van der Waals surface area (Å²) in [6.07, 6.45) is 2.90. The van der Waals surface area contributed by atoms with Crippen LogP contribution in [-0.4, -0.2) is 20.6 Å². The second-order valence-electron chi connectivity index (χ2n) is 4.76. The summed E-state index contributed by atoms with van der Waals surface area (Å²) >= 11 is 0. The topological polar surface area (TPSA) is 72.2 Å². The molecule has 3 aromatic rings. The first-order chi connectivity index (χ1) is 10.1. The molecular weight excluding hydrogens is 268 g/mol. The van der Waals surface area contributed by atoms with Crippen LogP contribution in [0.15, 0.2) is 53.6 Å². The summed E-state index contributed by atoms with van der Waals surface area (Å²) in [5, 5.41) is 9.50. The molecule has 0 saturated heterocycles. The summed E-state index contributed by atoms with van der Waals surface area (Å²) in [7, 11) is 0. The minimum absolute atomic E-state index is 0.268. The molecule has 1 N–H and O–H groups in total. The van der Waals surface area contributed by atoms with E-state index in [1.807, 2.05) is 31.2 Å². The van der Waals surface area contributed by atoms with Gasteiger partial charge in [0.15, 0.2) is 0 Å². The molecule has 21 heavy (non-hydrogen) atoms. The van der Waals surface area contributed by atoms with Gasteiger partial charge in [-0.2, -0.15) is 0 Å². The molecule has 0 aliphatic carbocycles. The van der Waals surface area contributed by atoms with Gasteiger partial charge < -0.3 is 9.67 Å².